The van der Waals surface area contributed by atoms with Crippen LogP contribution in [0.4, 0.5) is 5.69 Å². The highest BCUT2D eigenvalue weighted by atomic mass is 16.5. The number of ether oxygens (including phenoxy) is 1. The summed E-state index contributed by atoms with van der Waals surface area (Å²) >= 11 is 0. The summed E-state index contributed by atoms with van der Waals surface area (Å²) in [5.74, 6) is -1.35. The van der Waals surface area contributed by atoms with Crippen LogP contribution in [-0.2, 0) is 20.9 Å². The summed E-state index contributed by atoms with van der Waals surface area (Å²) in [7, 11) is 0. The fraction of sp³-hybridized carbons (Fsp3) is 0.500. The Morgan fingerprint density at radius 2 is 2.29 bits per heavy atom. The molecule has 0 spiro atoms. The second-order valence-corrected chi connectivity index (χ2v) is 3.30. The smallest absolute Gasteiger partial charge is 0.332 e. The number of anilines is 1. The molecule has 1 amide bonds. The highest BCUT2D eigenvalue weighted by Gasteiger charge is 2.23. The maximum Gasteiger partial charge on any atom is 0.332 e. The topological polar surface area (TPSA) is 99.2 Å². The number of nitrogens with two attached hydrogens (primary N) is 1. The van der Waals surface area contributed by atoms with Crippen LogP contribution in [0.1, 0.15) is 13.8 Å². The van der Waals surface area contributed by atoms with Gasteiger partial charge in [0.2, 0.25) is 0 Å². The average Bonchev–Trinajstić information content (AvgIpc) is 2.76. The molecule has 0 aromatic carbocycles. The van der Waals surface area contributed by atoms with Gasteiger partial charge in [0.25, 0.3) is 5.91 Å². The molecule has 1 rings (SSSR count). The van der Waals surface area contributed by atoms with Crippen molar-refractivity contribution in [2.75, 3.05) is 11.9 Å². The molecule has 1 unspecified atom stereocenters. The lowest BCUT2D eigenvalue weighted by atomic mass is 10.3. The number of hydrogen-bond acceptors (Lipinski definition) is 5. The Balaban J connectivity index is 2.56. The first-order valence-corrected chi connectivity index (χ1v) is 5.34. The van der Waals surface area contributed by atoms with E-state index in [0.29, 0.717) is 12.2 Å². The molecule has 1 heterocycles. The van der Waals surface area contributed by atoms with Crippen molar-refractivity contribution >= 4 is 17.6 Å². The zero-order valence-corrected chi connectivity index (χ0v) is 9.84. The number of amides is 1. The van der Waals surface area contributed by atoms with Crippen LogP contribution in [0, 0.1) is 0 Å². The van der Waals surface area contributed by atoms with Crippen LogP contribution in [-0.4, -0.2) is 34.3 Å². The Bertz CT molecular complexity index is 402. The SMILES string of the molecule is CCOC(=O)C(N)C(=O)Nc1cnn(CC)c1. The number of esters is 1. The molecule has 0 bridgehead atoms. The van der Waals surface area contributed by atoms with Crippen LogP contribution in [0.5, 0.6) is 0 Å². The number of nitrogens with zero attached hydrogens (tertiary/aromatic N) is 2. The number of rotatable bonds is 5. The van der Waals surface area contributed by atoms with Crippen LogP contribution in [0.15, 0.2) is 12.4 Å². The van der Waals surface area contributed by atoms with E-state index in [2.05, 4.69) is 15.2 Å². The molecule has 7 heteroatoms. The molecule has 1 aromatic heterocycles. The first-order chi connectivity index (χ1) is 8.08. The molecule has 1 aromatic rings. The average molecular weight is 240 g/mol. The molecule has 94 valence electrons. The van der Waals surface area contributed by atoms with Crippen LogP contribution in [0.2, 0.25) is 0 Å². The monoisotopic (exact) mass is 240 g/mol. The van der Waals surface area contributed by atoms with Crippen molar-refractivity contribution in [3.05, 3.63) is 12.4 Å². The van der Waals surface area contributed by atoms with Crippen molar-refractivity contribution in [1.82, 2.24) is 9.78 Å². The van der Waals surface area contributed by atoms with Crippen LogP contribution in [0.3, 0.4) is 0 Å². The third-order valence-corrected chi connectivity index (χ3v) is 2.05. The van der Waals surface area contributed by atoms with Gasteiger partial charge < -0.3 is 15.8 Å². The minimum atomic E-state index is -1.32. The molecule has 0 saturated carbocycles. The lowest BCUT2D eigenvalue weighted by Crippen LogP contribution is -2.43. The first kappa shape index (κ1) is 13.2. The van der Waals surface area contributed by atoms with Crippen molar-refractivity contribution in [3.63, 3.8) is 0 Å². The normalized spacial score (nSPS) is 11.9. The molecular formula is C10H16N4O3. The Labute approximate surface area is 98.9 Å². The predicted octanol–water partition coefficient (Wildman–Crippen LogP) is -0.268. The second-order valence-electron chi connectivity index (χ2n) is 3.30. The highest BCUT2D eigenvalue weighted by Crippen LogP contribution is 2.05. The van der Waals surface area contributed by atoms with Gasteiger partial charge in [-0.3, -0.25) is 9.48 Å². The van der Waals surface area contributed by atoms with Gasteiger partial charge in [-0.25, -0.2) is 4.79 Å². The van der Waals surface area contributed by atoms with Gasteiger partial charge in [0, 0.05) is 12.7 Å². The number of aryl methyl sites for hydroxylation is 1. The third-order valence-electron chi connectivity index (χ3n) is 2.05. The van der Waals surface area contributed by atoms with E-state index < -0.39 is 17.9 Å². The fourth-order valence-corrected chi connectivity index (χ4v) is 1.16. The summed E-state index contributed by atoms with van der Waals surface area (Å²) in [5.41, 5.74) is 5.92. The van der Waals surface area contributed by atoms with Crippen molar-refractivity contribution < 1.29 is 14.3 Å². The maximum absolute atomic E-state index is 11.6. The van der Waals surface area contributed by atoms with E-state index >= 15 is 0 Å². The van der Waals surface area contributed by atoms with Crippen LogP contribution >= 0.6 is 0 Å². The quantitative estimate of drug-likeness (QED) is 0.545. The Morgan fingerprint density at radius 3 is 2.82 bits per heavy atom. The van der Waals surface area contributed by atoms with Crippen molar-refractivity contribution in [2.24, 2.45) is 5.73 Å². The minimum Gasteiger partial charge on any atom is -0.464 e. The lowest BCUT2D eigenvalue weighted by Gasteiger charge is -2.09. The number of hydrogen-bond donors (Lipinski definition) is 2. The van der Waals surface area contributed by atoms with E-state index in [-0.39, 0.29) is 6.61 Å². The Morgan fingerprint density at radius 1 is 1.59 bits per heavy atom. The van der Waals surface area contributed by atoms with Crippen LogP contribution < -0.4 is 11.1 Å². The fourth-order valence-electron chi connectivity index (χ4n) is 1.16. The van der Waals surface area contributed by atoms with Gasteiger partial charge in [0.15, 0.2) is 6.04 Å². The van der Waals surface area contributed by atoms with Gasteiger partial charge in [-0.15, -0.1) is 0 Å². The summed E-state index contributed by atoms with van der Waals surface area (Å²) in [5, 5.41) is 6.46. The van der Waals surface area contributed by atoms with E-state index in [1.807, 2.05) is 6.92 Å². The van der Waals surface area contributed by atoms with E-state index in [4.69, 9.17) is 5.73 Å². The molecule has 0 aliphatic heterocycles. The van der Waals surface area contributed by atoms with E-state index in [1.165, 1.54) is 6.20 Å². The van der Waals surface area contributed by atoms with Crippen molar-refractivity contribution in [2.45, 2.75) is 26.4 Å². The summed E-state index contributed by atoms with van der Waals surface area (Å²) in [6.45, 7) is 4.45. The van der Waals surface area contributed by atoms with Gasteiger partial charge >= 0.3 is 5.97 Å². The second kappa shape index (κ2) is 6.00. The van der Waals surface area contributed by atoms with Gasteiger partial charge in [-0.05, 0) is 13.8 Å². The molecule has 7 nitrogen and oxygen atoms in total. The van der Waals surface area contributed by atoms with Gasteiger partial charge in [-0.2, -0.15) is 5.10 Å². The Hall–Kier alpha value is -1.89. The van der Waals surface area contributed by atoms with E-state index in [1.54, 1.807) is 17.8 Å². The Kier molecular flexibility index (Phi) is 4.65. The summed E-state index contributed by atoms with van der Waals surface area (Å²) in [6.07, 6.45) is 3.13. The lowest BCUT2D eigenvalue weighted by molar-refractivity contribution is -0.146. The molecule has 3 N–H and O–H groups in total. The zero-order valence-electron chi connectivity index (χ0n) is 9.84. The number of nitrogens with one attached hydrogen (secondary N) is 1. The van der Waals surface area contributed by atoms with Crippen molar-refractivity contribution in [3.8, 4) is 0 Å². The number of carbonyl (C=O) groups is 2. The minimum absolute atomic E-state index is 0.188. The van der Waals surface area contributed by atoms with E-state index in [9.17, 15) is 9.59 Å². The molecule has 0 aliphatic rings. The third kappa shape index (κ3) is 3.56. The molecule has 17 heavy (non-hydrogen) atoms. The molecule has 0 radical (unpaired) electrons. The standard InChI is InChI=1S/C10H16N4O3/c1-3-14-6-7(5-12-14)13-9(15)8(11)10(16)17-4-2/h5-6,8H,3-4,11H2,1-2H3,(H,13,15). The van der Waals surface area contributed by atoms with Gasteiger partial charge in [-0.1, -0.05) is 0 Å². The number of aromatic nitrogens is 2. The van der Waals surface area contributed by atoms with Gasteiger partial charge in [0.1, 0.15) is 0 Å². The molecule has 1 atom stereocenters. The maximum atomic E-state index is 11.6. The summed E-state index contributed by atoms with van der Waals surface area (Å²) < 4.78 is 6.29. The molecule has 0 saturated heterocycles. The van der Waals surface area contributed by atoms with Gasteiger partial charge in [0.05, 0.1) is 18.5 Å². The summed E-state index contributed by atoms with van der Waals surface area (Å²) in [6, 6.07) is -1.32. The van der Waals surface area contributed by atoms with Crippen LogP contribution in [0.25, 0.3) is 0 Å². The van der Waals surface area contributed by atoms with Crippen molar-refractivity contribution in [1.29, 1.82) is 0 Å². The molecule has 0 fully saturated rings. The largest absolute Gasteiger partial charge is 0.464 e. The molecular weight excluding hydrogens is 224 g/mol. The first-order valence-electron chi connectivity index (χ1n) is 5.34. The van der Waals surface area contributed by atoms with E-state index in [0.717, 1.165) is 0 Å². The number of carbonyl (C=O) groups excluding carboxylic acids is 2. The molecule has 0 aliphatic carbocycles. The zero-order chi connectivity index (χ0) is 12.8. The predicted molar refractivity (Wildman–Crippen MR) is 61.1 cm³/mol. The highest BCUT2D eigenvalue weighted by molar-refractivity contribution is 6.08. The summed E-state index contributed by atoms with van der Waals surface area (Å²) in [4.78, 5) is 22.8.